The van der Waals surface area contributed by atoms with Crippen molar-refractivity contribution in [1.82, 2.24) is 5.32 Å². The largest absolute Gasteiger partial charge is 0.494 e. The summed E-state index contributed by atoms with van der Waals surface area (Å²) in [6.07, 6.45) is 0.680. The summed E-state index contributed by atoms with van der Waals surface area (Å²) in [5.74, 6) is -0.0958. The van der Waals surface area contributed by atoms with Gasteiger partial charge in [-0.05, 0) is 43.5 Å². The van der Waals surface area contributed by atoms with Crippen molar-refractivity contribution < 1.29 is 19.4 Å². The van der Waals surface area contributed by atoms with E-state index in [4.69, 9.17) is 9.84 Å². The van der Waals surface area contributed by atoms with Crippen LogP contribution in [0.15, 0.2) is 24.3 Å². The van der Waals surface area contributed by atoms with Gasteiger partial charge >= 0.3 is 5.97 Å². The highest BCUT2D eigenvalue weighted by molar-refractivity contribution is 5.94. The van der Waals surface area contributed by atoms with Crippen LogP contribution >= 0.6 is 0 Å². The second kappa shape index (κ2) is 8.19. The second-order valence-corrected chi connectivity index (χ2v) is 4.71. The Bertz CT molecular complexity index is 442. The van der Waals surface area contributed by atoms with E-state index in [0.29, 0.717) is 25.1 Å². The summed E-state index contributed by atoms with van der Waals surface area (Å²) in [6, 6.07) is 6.93. The van der Waals surface area contributed by atoms with E-state index in [-0.39, 0.29) is 18.2 Å². The molecular formula is C15H21NO4. The fraction of sp³-hybridized carbons (Fsp3) is 0.467. The number of aliphatic carboxylic acids is 1. The number of ether oxygens (including phenoxy) is 1. The summed E-state index contributed by atoms with van der Waals surface area (Å²) in [7, 11) is 0. The highest BCUT2D eigenvalue weighted by Crippen LogP contribution is 2.12. The molecule has 0 radical (unpaired) electrons. The van der Waals surface area contributed by atoms with Crippen molar-refractivity contribution in [1.29, 1.82) is 0 Å². The third kappa shape index (κ3) is 5.73. The Hall–Kier alpha value is -2.04. The molecular weight excluding hydrogens is 258 g/mol. The molecule has 1 aromatic carbocycles. The predicted octanol–water partition coefficient (Wildman–Crippen LogP) is 2.32. The zero-order valence-corrected chi connectivity index (χ0v) is 11.9. The van der Waals surface area contributed by atoms with Crippen molar-refractivity contribution in [3.63, 3.8) is 0 Å². The van der Waals surface area contributed by atoms with E-state index in [1.807, 2.05) is 13.8 Å². The minimum atomic E-state index is -0.810. The maximum Gasteiger partial charge on any atom is 0.303 e. The molecule has 1 aromatic rings. The third-order valence-corrected chi connectivity index (χ3v) is 2.89. The number of carboxylic acid groups (broad SMARTS) is 1. The van der Waals surface area contributed by atoms with Gasteiger partial charge in [0.05, 0.1) is 6.61 Å². The van der Waals surface area contributed by atoms with E-state index in [1.54, 1.807) is 24.3 Å². The Morgan fingerprint density at radius 2 is 1.95 bits per heavy atom. The Labute approximate surface area is 118 Å². The molecule has 0 saturated carbocycles. The van der Waals surface area contributed by atoms with Crippen LogP contribution in [-0.4, -0.2) is 30.1 Å². The van der Waals surface area contributed by atoms with E-state index in [9.17, 15) is 9.59 Å². The van der Waals surface area contributed by atoms with Gasteiger partial charge in [0.25, 0.3) is 5.91 Å². The van der Waals surface area contributed by atoms with E-state index in [1.165, 1.54) is 0 Å². The van der Waals surface area contributed by atoms with Gasteiger partial charge in [-0.3, -0.25) is 9.59 Å². The first kappa shape index (κ1) is 16.0. The predicted molar refractivity (Wildman–Crippen MR) is 76.0 cm³/mol. The van der Waals surface area contributed by atoms with Crippen molar-refractivity contribution in [2.45, 2.75) is 26.7 Å². The molecule has 2 N–H and O–H groups in total. The van der Waals surface area contributed by atoms with E-state index >= 15 is 0 Å². The number of carbonyl (C=O) groups is 2. The lowest BCUT2D eigenvalue weighted by molar-refractivity contribution is -0.137. The standard InChI is InChI=1S/C15H21NO4/c1-3-20-13-7-5-12(6-8-13)15(19)16-10-11(2)4-9-14(17)18/h5-8,11H,3-4,9-10H2,1-2H3,(H,16,19)(H,17,18). The summed E-state index contributed by atoms with van der Waals surface area (Å²) < 4.78 is 5.31. The minimum absolute atomic E-state index is 0.125. The molecule has 0 aliphatic heterocycles. The van der Waals surface area contributed by atoms with Crippen LogP contribution in [0.1, 0.15) is 37.0 Å². The van der Waals surface area contributed by atoms with Crippen LogP contribution in [0.25, 0.3) is 0 Å². The van der Waals surface area contributed by atoms with Gasteiger partial charge in [0.2, 0.25) is 0 Å². The normalized spacial score (nSPS) is 11.7. The lowest BCUT2D eigenvalue weighted by Crippen LogP contribution is -2.28. The fourth-order valence-electron chi connectivity index (χ4n) is 1.71. The molecule has 5 heteroatoms. The highest BCUT2D eigenvalue weighted by atomic mass is 16.5. The first-order valence-corrected chi connectivity index (χ1v) is 6.75. The molecule has 5 nitrogen and oxygen atoms in total. The molecule has 1 atom stereocenters. The number of carboxylic acids is 1. The zero-order valence-electron chi connectivity index (χ0n) is 11.9. The van der Waals surface area contributed by atoms with Crippen LogP contribution in [0.3, 0.4) is 0 Å². The fourth-order valence-corrected chi connectivity index (χ4v) is 1.71. The molecule has 1 amide bonds. The Kier molecular flexibility index (Phi) is 6.56. The molecule has 0 spiro atoms. The van der Waals surface area contributed by atoms with Crippen molar-refractivity contribution >= 4 is 11.9 Å². The maximum absolute atomic E-state index is 11.9. The van der Waals surface area contributed by atoms with Crippen LogP contribution in [0.5, 0.6) is 5.75 Å². The number of amides is 1. The number of nitrogens with one attached hydrogen (secondary N) is 1. The number of hydrogen-bond donors (Lipinski definition) is 2. The molecule has 0 aromatic heterocycles. The average Bonchev–Trinajstić information content (AvgIpc) is 2.43. The monoisotopic (exact) mass is 279 g/mol. The topological polar surface area (TPSA) is 75.6 Å². The van der Waals surface area contributed by atoms with E-state index in [2.05, 4.69) is 5.32 Å². The van der Waals surface area contributed by atoms with E-state index < -0.39 is 5.97 Å². The van der Waals surface area contributed by atoms with Crippen LogP contribution in [0.2, 0.25) is 0 Å². The summed E-state index contributed by atoms with van der Waals surface area (Å²) in [4.78, 5) is 22.3. The first-order chi connectivity index (χ1) is 9.52. The van der Waals surface area contributed by atoms with Crippen LogP contribution in [0.4, 0.5) is 0 Å². The van der Waals surface area contributed by atoms with E-state index in [0.717, 1.165) is 5.75 Å². The van der Waals surface area contributed by atoms with Gasteiger partial charge in [0.15, 0.2) is 0 Å². The Morgan fingerprint density at radius 3 is 2.50 bits per heavy atom. The average molecular weight is 279 g/mol. The second-order valence-electron chi connectivity index (χ2n) is 4.71. The molecule has 0 saturated heterocycles. The Balaban J connectivity index is 2.40. The number of benzene rings is 1. The number of rotatable bonds is 8. The lowest BCUT2D eigenvalue weighted by atomic mass is 10.1. The summed E-state index contributed by atoms with van der Waals surface area (Å²) in [6.45, 7) is 4.88. The van der Waals surface area contributed by atoms with Gasteiger partial charge in [-0.1, -0.05) is 6.92 Å². The molecule has 0 aliphatic carbocycles. The van der Waals surface area contributed by atoms with Crippen molar-refractivity contribution in [2.75, 3.05) is 13.2 Å². The van der Waals surface area contributed by atoms with Crippen LogP contribution in [0, 0.1) is 5.92 Å². The third-order valence-electron chi connectivity index (χ3n) is 2.89. The summed E-state index contributed by atoms with van der Waals surface area (Å²) in [5, 5.41) is 11.4. The van der Waals surface area contributed by atoms with Gasteiger partial charge in [0.1, 0.15) is 5.75 Å². The highest BCUT2D eigenvalue weighted by Gasteiger charge is 2.09. The molecule has 0 aliphatic rings. The minimum Gasteiger partial charge on any atom is -0.494 e. The number of hydrogen-bond acceptors (Lipinski definition) is 3. The van der Waals surface area contributed by atoms with Crippen LogP contribution in [-0.2, 0) is 4.79 Å². The molecule has 0 heterocycles. The molecule has 20 heavy (non-hydrogen) atoms. The molecule has 1 rings (SSSR count). The summed E-state index contributed by atoms with van der Waals surface area (Å²) >= 11 is 0. The summed E-state index contributed by atoms with van der Waals surface area (Å²) in [5.41, 5.74) is 0.568. The molecule has 1 unspecified atom stereocenters. The van der Waals surface area contributed by atoms with Gasteiger partial charge in [-0.2, -0.15) is 0 Å². The molecule has 0 fully saturated rings. The smallest absolute Gasteiger partial charge is 0.303 e. The van der Waals surface area contributed by atoms with Gasteiger partial charge in [-0.15, -0.1) is 0 Å². The van der Waals surface area contributed by atoms with Crippen molar-refractivity contribution in [3.8, 4) is 5.75 Å². The molecule has 110 valence electrons. The van der Waals surface area contributed by atoms with Crippen molar-refractivity contribution in [3.05, 3.63) is 29.8 Å². The SMILES string of the molecule is CCOc1ccc(C(=O)NCC(C)CCC(=O)O)cc1. The van der Waals surface area contributed by atoms with Crippen molar-refractivity contribution in [2.24, 2.45) is 5.92 Å². The molecule has 0 bridgehead atoms. The quantitative estimate of drug-likeness (QED) is 0.765. The lowest BCUT2D eigenvalue weighted by Gasteiger charge is -2.11. The first-order valence-electron chi connectivity index (χ1n) is 6.75. The van der Waals surface area contributed by atoms with Crippen LogP contribution < -0.4 is 10.1 Å². The zero-order chi connectivity index (χ0) is 15.0. The van der Waals surface area contributed by atoms with Gasteiger partial charge < -0.3 is 15.2 Å². The van der Waals surface area contributed by atoms with Gasteiger partial charge in [0, 0.05) is 18.5 Å². The number of carbonyl (C=O) groups excluding carboxylic acids is 1. The Morgan fingerprint density at radius 1 is 1.30 bits per heavy atom. The van der Waals surface area contributed by atoms with Gasteiger partial charge in [-0.25, -0.2) is 0 Å². The maximum atomic E-state index is 11.9.